The Morgan fingerprint density at radius 2 is 1.75 bits per heavy atom. The molecule has 1 aliphatic rings. The van der Waals surface area contributed by atoms with E-state index < -0.39 is 0 Å². The van der Waals surface area contributed by atoms with Crippen LogP contribution in [-0.4, -0.2) is 6.54 Å². The van der Waals surface area contributed by atoms with Gasteiger partial charge in [-0.05, 0) is 34.0 Å². The van der Waals surface area contributed by atoms with E-state index in [-0.39, 0.29) is 0 Å². The Hall–Kier alpha value is -0.500. The second-order valence-corrected chi connectivity index (χ2v) is 6.90. The third-order valence-corrected chi connectivity index (χ3v) is 5.08. The maximum atomic E-state index is 3.64. The van der Waals surface area contributed by atoms with Gasteiger partial charge in [-0.3, -0.25) is 0 Å². The van der Waals surface area contributed by atoms with Gasteiger partial charge in [-0.2, -0.15) is 0 Å². The van der Waals surface area contributed by atoms with Crippen LogP contribution in [0, 0.1) is 0 Å². The van der Waals surface area contributed by atoms with E-state index in [1.54, 1.807) is 0 Å². The Balaban J connectivity index is 1.61. The summed E-state index contributed by atoms with van der Waals surface area (Å²) in [6.45, 7) is 3.40. The Morgan fingerprint density at radius 3 is 2.50 bits per heavy atom. The van der Waals surface area contributed by atoms with Gasteiger partial charge in [0.1, 0.15) is 0 Å². The Kier molecular flexibility index (Phi) is 6.92. The summed E-state index contributed by atoms with van der Waals surface area (Å²) >= 11 is 3.64. The number of hydrogen-bond donors (Lipinski definition) is 1. The van der Waals surface area contributed by atoms with Crippen molar-refractivity contribution >= 4 is 21.6 Å². The summed E-state index contributed by atoms with van der Waals surface area (Å²) in [5.41, 5.74) is 2.85. The highest BCUT2D eigenvalue weighted by Gasteiger charge is 2.22. The average molecular weight is 338 g/mol. The van der Waals surface area contributed by atoms with Crippen LogP contribution in [0.15, 0.2) is 22.7 Å². The number of hydrogen-bond acceptors (Lipinski definition) is 1. The first-order chi connectivity index (χ1) is 9.83. The SMILES string of the molecule is CCCCCCCCCCC1CNc2c(Br)cccc21. The van der Waals surface area contributed by atoms with Crippen LogP contribution >= 0.6 is 15.9 Å². The summed E-state index contributed by atoms with van der Waals surface area (Å²) in [6.07, 6.45) is 12.6. The Morgan fingerprint density at radius 1 is 1.05 bits per heavy atom. The van der Waals surface area contributed by atoms with Crippen molar-refractivity contribution in [3.05, 3.63) is 28.2 Å². The van der Waals surface area contributed by atoms with Crippen molar-refractivity contribution in [2.75, 3.05) is 11.9 Å². The molecular formula is C18H28BrN. The molecule has 0 aliphatic carbocycles. The van der Waals surface area contributed by atoms with Gasteiger partial charge in [0, 0.05) is 16.9 Å². The van der Waals surface area contributed by atoms with Crippen molar-refractivity contribution in [3.63, 3.8) is 0 Å². The fraction of sp³-hybridized carbons (Fsp3) is 0.667. The van der Waals surface area contributed by atoms with Crippen molar-refractivity contribution in [1.29, 1.82) is 0 Å². The van der Waals surface area contributed by atoms with Crippen LogP contribution in [-0.2, 0) is 0 Å². The quantitative estimate of drug-likeness (QED) is 0.508. The predicted molar refractivity (Wildman–Crippen MR) is 92.6 cm³/mol. The van der Waals surface area contributed by atoms with Crippen molar-refractivity contribution in [1.82, 2.24) is 0 Å². The van der Waals surface area contributed by atoms with E-state index in [0.29, 0.717) is 0 Å². The summed E-state index contributed by atoms with van der Waals surface area (Å²) < 4.78 is 1.22. The molecular weight excluding hydrogens is 310 g/mol. The van der Waals surface area contributed by atoms with Gasteiger partial charge in [0.25, 0.3) is 0 Å². The van der Waals surface area contributed by atoms with Gasteiger partial charge in [0.2, 0.25) is 0 Å². The highest BCUT2D eigenvalue weighted by molar-refractivity contribution is 9.10. The number of anilines is 1. The van der Waals surface area contributed by atoms with Gasteiger partial charge in [-0.15, -0.1) is 0 Å². The molecule has 0 aromatic heterocycles. The number of unbranched alkanes of at least 4 members (excludes halogenated alkanes) is 7. The fourth-order valence-corrected chi connectivity index (χ4v) is 3.71. The molecule has 0 amide bonds. The lowest BCUT2D eigenvalue weighted by molar-refractivity contribution is 0.543. The van der Waals surface area contributed by atoms with Gasteiger partial charge >= 0.3 is 0 Å². The molecule has 2 rings (SSSR count). The minimum atomic E-state index is 0.725. The number of para-hydroxylation sites is 1. The normalized spacial score (nSPS) is 17.0. The molecule has 1 atom stereocenters. The number of fused-ring (bicyclic) bond motifs is 1. The van der Waals surface area contributed by atoms with Crippen LogP contribution < -0.4 is 5.32 Å². The van der Waals surface area contributed by atoms with Crippen molar-refractivity contribution in [3.8, 4) is 0 Å². The lowest BCUT2D eigenvalue weighted by Crippen LogP contribution is -2.01. The predicted octanol–water partition coefficient (Wildman–Crippen LogP) is 6.49. The summed E-state index contributed by atoms with van der Waals surface area (Å²) in [5, 5.41) is 3.55. The van der Waals surface area contributed by atoms with E-state index in [4.69, 9.17) is 0 Å². The van der Waals surface area contributed by atoms with Crippen LogP contribution in [0.4, 0.5) is 5.69 Å². The van der Waals surface area contributed by atoms with Crippen molar-refractivity contribution < 1.29 is 0 Å². The van der Waals surface area contributed by atoms with Gasteiger partial charge in [-0.25, -0.2) is 0 Å². The monoisotopic (exact) mass is 337 g/mol. The van der Waals surface area contributed by atoms with Crippen LogP contribution in [0.2, 0.25) is 0 Å². The smallest absolute Gasteiger partial charge is 0.0520 e. The molecule has 1 aliphatic heterocycles. The third kappa shape index (κ3) is 4.51. The molecule has 0 spiro atoms. The molecule has 1 N–H and O–H groups in total. The zero-order valence-corrected chi connectivity index (χ0v) is 14.3. The summed E-state index contributed by atoms with van der Waals surface area (Å²) in [6, 6.07) is 6.58. The van der Waals surface area contributed by atoms with Gasteiger partial charge in [-0.1, -0.05) is 70.4 Å². The standard InChI is InChI=1S/C18H28BrN/c1-2-3-4-5-6-7-8-9-11-15-14-20-18-16(15)12-10-13-17(18)19/h10,12-13,15,20H,2-9,11,14H2,1H3. The average Bonchev–Trinajstić information content (AvgIpc) is 2.87. The first-order valence-electron chi connectivity index (χ1n) is 8.35. The lowest BCUT2D eigenvalue weighted by Gasteiger charge is -2.10. The topological polar surface area (TPSA) is 12.0 Å². The van der Waals surface area contributed by atoms with E-state index in [9.17, 15) is 0 Å². The third-order valence-electron chi connectivity index (χ3n) is 4.42. The fourth-order valence-electron chi connectivity index (χ4n) is 3.18. The van der Waals surface area contributed by atoms with Crippen LogP contribution in [0.1, 0.15) is 76.2 Å². The minimum absolute atomic E-state index is 0.725. The molecule has 1 heterocycles. The Labute approximate surface area is 132 Å². The van der Waals surface area contributed by atoms with E-state index >= 15 is 0 Å². The first-order valence-corrected chi connectivity index (χ1v) is 9.14. The first kappa shape index (κ1) is 15.9. The molecule has 1 nitrogen and oxygen atoms in total. The molecule has 1 aromatic rings. The second-order valence-electron chi connectivity index (χ2n) is 6.05. The lowest BCUT2D eigenvalue weighted by atomic mass is 9.94. The maximum Gasteiger partial charge on any atom is 0.0520 e. The van der Waals surface area contributed by atoms with Gasteiger partial charge in [0.05, 0.1) is 5.69 Å². The van der Waals surface area contributed by atoms with Gasteiger partial charge < -0.3 is 5.32 Å². The molecule has 112 valence electrons. The van der Waals surface area contributed by atoms with Crippen LogP contribution in [0.3, 0.4) is 0 Å². The molecule has 0 bridgehead atoms. The van der Waals surface area contributed by atoms with E-state index in [2.05, 4.69) is 46.4 Å². The van der Waals surface area contributed by atoms with Crippen molar-refractivity contribution in [2.24, 2.45) is 0 Å². The van der Waals surface area contributed by atoms with Gasteiger partial charge in [0.15, 0.2) is 0 Å². The summed E-state index contributed by atoms with van der Waals surface area (Å²) in [5.74, 6) is 0.725. The zero-order valence-electron chi connectivity index (χ0n) is 12.8. The molecule has 1 aromatic carbocycles. The Bertz CT molecular complexity index is 402. The number of benzene rings is 1. The molecule has 0 radical (unpaired) electrons. The molecule has 1 unspecified atom stereocenters. The van der Waals surface area contributed by atoms with Crippen molar-refractivity contribution in [2.45, 2.75) is 70.6 Å². The van der Waals surface area contributed by atoms with Crippen LogP contribution in [0.25, 0.3) is 0 Å². The molecule has 2 heteroatoms. The molecule has 0 saturated heterocycles. The van der Waals surface area contributed by atoms with E-state index in [1.165, 1.54) is 73.5 Å². The highest BCUT2D eigenvalue weighted by Crippen LogP contribution is 2.39. The molecule has 20 heavy (non-hydrogen) atoms. The summed E-state index contributed by atoms with van der Waals surface area (Å²) in [4.78, 5) is 0. The van der Waals surface area contributed by atoms with Crippen LogP contribution in [0.5, 0.6) is 0 Å². The minimum Gasteiger partial charge on any atom is -0.383 e. The number of nitrogens with one attached hydrogen (secondary N) is 1. The molecule has 0 fully saturated rings. The van der Waals surface area contributed by atoms with E-state index in [1.807, 2.05) is 0 Å². The highest BCUT2D eigenvalue weighted by atomic mass is 79.9. The summed E-state index contributed by atoms with van der Waals surface area (Å²) in [7, 11) is 0. The maximum absolute atomic E-state index is 3.64. The van der Waals surface area contributed by atoms with E-state index in [0.717, 1.165) is 12.5 Å². The second kappa shape index (κ2) is 8.71. The zero-order chi connectivity index (χ0) is 14.2. The molecule has 0 saturated carbocycles. The number of halogens is 1. The number of rotatable bonds is 9. The largest absolute Gasteiger partial charge is 0.383 e.